The molecule has 0 spiro atoms. The van der Waals surface area contributed by atoms with E-state index in [0.29, 0.717) is 5.56 Å². The highest BCUT2D eigenvalue weighted by Crippen LogP contribution is 2.31. The molecule has 4 aromatic carbocycles. The van der Waals surface area contributed by atoms with Crippen molar-refractivity contribution in [3.63, 3.8) is 0 Å². The first-order valence-electron chi connectivity index (χ1n) is 10.4. The first-order chi connectivity index (χ1) is 15.0. The van der Waals surface area contributed by atoms with E-state index in [0.717, 1.165) is 16.7 Å². The van der Waals surface area contributed by atoms with Gasteiger partial charge >= 0.3 is 0 Å². The van der Waals surface area contributed by atoms with Gasteiger partial charge in [0.05, 0.1) is 0 Å². The minimum absolute atomic E-state index is 0.0562. The van der Waals surface area contributed by atoms with Gasteiger partial charge in [0, 0.05) is 12.7 Å². The normalized spacial score (nSPS) is 12.9. The van der Waals surface area contributed by atoms with Crippen molar-refractivity contribution in [2.75, 3.05) is 7.11 Å². The number of ketones is 1. The molecule has 2 heteroatoms. The highest BCUT2D eigenvalue weighted by molar-refractivity contribution is 6.03. The van der Waals surface area contributed by atoms with Gasteiger partial charge in [0.2, 0.25) is 0 Å². The number of benzene rings is 4. The molecule has 31 heavy (non-hydrogen) atoms. The number of methoxy groups -OCH3 is 1. The maximum atomic E-state index is 13.4. The van der Waals surface area contributed by atoms with Gasteiger partial charge in [-0.15, -0.1) is 0 Å². The Morgan fingerprint density at radius 1 is 0.677 bits per heavy atom. The van der Waals surface area contributed by atoms with Crippen LogP contribution in [0.1, 0.15) is 28.4 Å². The summed E-state index contributed by atoms with van der Waals surface area (Å²) in [4.78, 5) is 13.4. The number of carbonyl (C=O) groups is 1. The van der Waals surface area contributed by atoms with E-state index >= 15 is 0 Å². The SMILES string of the molecule is COC(C)(C(=O)c1cccc(-c2ccc(-c3ccc(C)cc3)cc2)c1)c1ccccc1. The molecular formula is C29H26O2. The Balaban J connectivity index is 1.64. The van der Waals surface area contributed by atoms with Gasteiger partial charge in [-0.3, -0.25) is 4.79 Å². The molecule has 0 aliphatic carbocycles. The fourth-order valence-electron chi connectivity index (χ4n) is 3.81. The molecule has 1 atom stereocenters. The molecule has 0 saturated heterocycles. The Bertz CT molecular complexity index is 1180. The summed E-state index contributed by atoms with van der Waals surface area (Å²) in [6, 6.07) is 34.4. The Morgan fingerprint density at radius 2 is 1.23 bits per heavy atom. The van der Waals surface area contributed by atoms with Crippen molar-refractivity contribution >= 4 is 5.78 Å². The highest BCUT2D eigenvalue weighted by atomic mass is 16.5. The van der Waals surface area contributed by atoms with E-state index in [2.05, 4.69) is 55.5 Å². The monoisotopic (exact) mass is 406 g/mol. The first-order valence-corrected chi connectivity index (χ1v) is 10.4. The third kappa shape index (κ3) is 4.21. The molecule has 0 amide bonds. The molecule has 0 N–H and O–H groups in total. The van der Waals surface area contributed by atoms with Crippen LogP contribution in [0.3, 0.4) is 0 Å². The standard InChI is InChI=1S/C29H26O2/c1-21-12-14-22(15-13-21)23-16-18-24(19-17-23)25-8-7-9-26(20-25)28(30)29(2,31-3)27-10-5-4-6-11-27/h4-20H,1-3H3. The second-order valence-corrected chi connectivity index (χ2v) is 7.96. The zero-order valence-electron chi connectivity index (χ0n) is 18.1. The zero-order chi connectivity index (χ0) is 21.8. The van der Waals surface area contributed by atoms with Gasteiger partial charge < -0.3 is 4.74 Å². The van der Waals surface area contributed by atoms with Gasteiger partial charge in [-0.05, 0) is 47.7 Å². The van der Waals surface area contributed by atoms with Gasteiger partial charge in [-0.1, -0.05) is 103 Å². The molecule has 0 aliphatic rings. The number of ether oxygens (including phenoxy) is 1. The van der Waals surface area contributed by atoms with Crippen molar-refractivity contribution in [1.82, 2.24) is 0 Å². The fourth-order valence-corrected chi connectivity index (χ4v) is 3.81. The van der Waals surface area contributed by atoms with Crippen molar-refractivity contribution in [3.05, 3.63) is 120 Å². The molecule has 0 radical (unpaired) electrons. The lowest BCUT2D eigenvalue weighted by atomic mass is 9.86. The number of hydrogen-bond acceptors (Lipinski definition) is 2. The van der Waals surface area contributed by atoms with E-state index in [1.807, 2.05) is 61.5 Å². The summed E-state index contributed by atoms with van der Waals surface area (Å²) >= 11 is 0. The van der Waals surface area contributed by atoms with Crippen molar-refractivity contribution in [2.24, 2.45) is 0 Å². The summed E-state index contributed by atoms with van der Waals surface area (Å²) in [5.41, 5.74) is 6.14. The van der Waals surface area contributed by atoms with Crippen molar-refractivity contribution in [3.8, 4) is 22.3 Å². The van der Waals surface area contributed by atoms with E-state index in [9.17, 15) is 4.79 Å². The molecule has 4 rings (SSSR count). The third-order valence-corrected chi connectivity index (χ3v) is 5.89. The largest absolute Gasteiger partial charge is 0.366 e. The topological polar surface area (TPSA) is 26.3 Å². The molecule has 0 aliphatic heterocycles. The smallest absolute Gasteiger partial charge is 0.198 e. The minimum Gasteiger partial charge on any atom is -0.366 e. The van der Waals surface area contributed by atoms with E-state index in [-0.39, 0.29) is 5.78 Å². The number of hydrogen-bond donors (Lipinski definition) is 0. The lowest BCUT2D eigenvalue weighted by Gasteiger charge is -2.27. The van der Waals surface area contributed by atoms with Gasteiger partial charge in [0.15, 0.2) is 11.4 Å². The van der Waals surface area contributed by atoms with Gasteiger partial charge in [-0.2, -0.15) is 0 Å². The fraction of sp³-hybridized carbons (Fsp3) is 0.138. The summed E-state index contributed by atoms with van der Waals surface area (Å²) < 4.78 is 5.71. The summed E-state index contributed by atoms with van der Waals surface area (Å²) in [6.07, 6.45) is 0. The van der Waals surface area contributed by atoms with Crippen LogP contribution in [0, 0.1) is 6.92 Å². The average molecular weight is 407 g/mol. The van der Waals surface area contributed by atoms with Gasteiger partial charge in [0.25, 0.3) is 0 Å². The molecule has 0 bridgehead atoms. The van der Waals surface area contributed by atoms with Crippen LogP contribution in [0.15, 0.2) is 103 Å². The molecule has 0 fully saturated rings. The van der Waals surface area contributed by atoms with E-state index < -0.39 is 5.60 Å². The van der Waals surface area contributed by atoms with Gasteiger partial charge in [0.1, 0.15) is 0 Å². The maximum Gasteiger partial charge on any atom is 0.198 e. The molecule has 1 unspecified atom stereocenters. The maximum absolute atomic E-state index is 13.4. The minimum atomic E-state index is -1.03. The number of carbonyl (C=O) groups excluding carboxylic acids is 1. The van der Waals surface area contributed by atoms with E-state index in [1.165, 1.54) is 16.7 Å². The van der Waals surface area contributed by atoms with Gasteiger partial charge in [-0.25, -0.2) is 0 Å². The Kier molecular flexibility index (Phi) is 5.83. The molecule has 154 valence electrons. The van der Waals surface area contributed by atoms with Crippen LogP contribution >= 0.6 is 0 Å². The average Bonchev–Trinajstić information content (AvgIpc) is 2.84. The van der Waals surface area contributed by atoms with Crippen LogP contribution in [0.5, 0.6) is 0 Å². The van der Waals surface area contributed by atoms with Crippen molar-refractivity contribution in [1.29, 1.82) is 0 Å². The number of aryl methyl sites for hydroxylation is 1. The van der Waals surface area contributed by atoms with Crippen LogP contribution in [0.4, 0.5) is 0 Å². The first kappa shape index (κ1) is 20.8. The van der Waals surface area contributed by atoms with E-state index in [1.54, 1.807) is 7.11 Å². The van der Waals surface area contributed by atoms with E-state index in [4.69, 9.17) is 4.74 Å². The number of Topliss-reactive ketones (excluding diaryl/α,β-unsaturated/α-hetero) is 1. The molecule has 0 aromatic heterocycles. The molecule has 0 saturated carbocycles. The van der Waals surface area contributed by atoms with Crippen LogP contribution in [0.2, 0.25) is 0 Å². The van der Waals surface area contributed by atoms with Crippen molar-refractivity contribution < 1.29 is 9.53 Å². The lowest BCUT2D eigenvalue weighted by Crippen LogP contribution is -2.34. The highest BCUT2D eigenvalue weighted by Gasteiger charge is 2.35. The second kappa shape index (κ2) is 8.71. The predicted octanol–water partition coefficient (Wildman–Crippen LogP) is 7.07. The Hall–Kier alpha value is -3.49. The van der Waals surface area contributed by atoms with Crippen molar-refractivity contribution in [2.45, 2.75) is 19.4 Å². The van der Waals surface area contributed by atoms with Crippen LogP contribution < -0.4 is 0 Å². The molecular weight excluding hydrogens is 380 g/mol. The summed E-state index contributed by atoms with van der Waals surface area (Å²) in [5, 5.41) is 0. The van der Waals surface area contributed by atoms with Crippen LogP contribution in [-0.4, -0.2) is 12.9 Å². The molecule has 4 aromatic rings. The lowest BCUT2D eigenvalue weighted by molar-refractivity contribution is 0.0102. The third-order valence-electron chi connectivity index (χ3n) is 5.89. The molecule has 2 nitrogen and oxygen atoms in total. The summed E-state index contributed by atoms with van der Waals surface area (Å²) in [5.74, 6) is -0.0562. The van der Waals surface area contributed by atoms with Crippen LogP contribution in [-0.2, 0) is 10.3 Å². The van der Waals surface area contributed by atoms with Crippen LogP contribution in [0.25, 0.3) is 22.3 Å². The Morgan fingerprint density at radius 3 is 1.81 bits per heavy atom. The zero-order valence-corrected chi connectivity index (χ0v) is 18.1. The Labute approximate surface area is 184 Å². The second-order valence-electron chi connectivity index (χ2n) is 7.96. The summed E-state index contributed by atoms with van der Waals surface area (Å²) in [6.45, 7) is 3.92. The quantitative estimate of drug-likeness (QED) is 0.320. The number of rotatable bonds is 6. The molecule has 0 heterocycles. The predicted molar refractivity (Wildman–Crippen MR) is 127 cm³/mol. The summed E-state index contributed by atoms with van der Waals surface area (Å²) in [7, 11) is 1.58.